The van der Waals surface area contributed by atoms with Gasteiger partial charge in [-0.1, -0.05) is 36.4 Å². The van der Waals surface area contributed by atoms with Crippen LogP contribution in [0.4, 0.5) is 4.39 Å². The minimum absolute atomic E-state index is 0.0430. The molecule has 2 aromatic carbocycles. The number of aryl methyl sites for hydroxylation is 2. The molecular formula is C17H18ClF. The molecule has 2 rings (SSSR count). The summed E-state index contributed by atoms with van der Waals surface area (Å²) in [4.78, 5) is 0. The van der Waals surface area contributed by atoms with Gasteiger partial charge in [0.25, 0.3) is 0 Å². The Morgan fingerprint density at radius 3 is 2.63 bits per heavy atom. The van der Waals surface area contributed by atoms with E-state index in [-0.39, 0.29) is 11.2 Å². The second-order valence-electron chi connectivity index (χ2n) is 4.90. The highest BCUT2D eigenvalue weighted by Gasteiger charge is 2.08. The molecule has 2 heteroatoms. The van der Waals surface area contributed by atoms with Crippen LogP contribution in [0.3, 0.4) is 0 Å². The SMILES string of the molecule is Cc1ccccc1CCC(Cl)Cc1cccc(F)c1. The molecule has 0 radical (unpaired) electrons. The number of hydrogen-bond donors (Lipinski definition) is 0. The van der Waals surface area contributed by atoms with Gasteiger partial charge in [0.1, 0.15) is 5.82 Å². The van der Waals surface area contributed by atoms with Crippen molar-refractivity contribution in [3.8, 4) is 0 Å². The highest BCUT2D eigenvalue weighted by atomic mass is 35.5. The normalized spacial score (nSPS) is 12.4. The zero-order chi connectivity index (χ0) is 13.7. The van der Waals surface area contributed by atoms with Crippen molar-refractivity contribution in [2.75, 3.05) is 0 Å². The van der Waals surface area contributed by atoms with Crippen molar-refractivity contribution < 1.29 is 4.39 Å². The Morgan fingerprint density at radius 2 is 1.89 bits per heavy atom. The average Bonchev–Trinajstić information content (AvgIpc) is 2.38. The van der Waals surface area contributed by atoms with Crippen molar-refractivity contribution in [1.29, 1.82) is 0 Å². The maximum atomic E-state index is 13.1. The van der Waals surface area contributed by atoms with Gasteiger partial charge in [-0.2, -0.15) is 0 Å². The van der Waals surface area contributed by atoms with E-state index >= 15 is 0 Å². The van der Waals surface area contributed by atoms with Crippen LogP contribution in [0.2, 0.25) is 0 Å². The maximum Gasteiger partial charge on any atom is 0.123 e. The summed E-state index contributed by atoms with van der Waals surface area (Å²) in [5, 5.41) is 0.0430. The zero-order valence-corrected chi connectivity index (χ0v) is 11.8. The van der Waals surface area contributed by atoms with Crippen LogP contribution in [0.1, 0.15) is 23.1 Å². The third-order valence-electron chi connectivity index (χ3n) is 3.33. The quantitative estimate of drug-likeness (QED) is 0.680. The first-order valence-corrected chi connectivity index (χ1v) is 7.02. The van der Waals surface area contributed by atoms with Gasteiger partial charge in [-0.3, -0.25) is 0 Å². The Morgan fingerprint density at radius 1 is 1.11 bits per heavy atom. The predicted octanol–water partition coefficient (Wildman–Crippen LogP) is 4.92. The van der Waals surface area contributed by atoms with Crippen molar-refractivity contribution in [2.24, 2.45) is 0 Å². The number of rotatable bonds is 5. The van der Waals surface area contributed by atoms with Gasteiger partial charge in [-0.25, -0.2) is 4.39 Å². The van der Waals surface area contributed by atoms with Crippen molar-refractivity contribution in [3.63, 3.8) is 0 Å². The highest BCUT2D eigenvalue weighted by Crippen LogP contribution is 2.17. The first-order valence-electron chi connectivity index (χ1n) is 6.58. The predicted molar refractivity (Wildman–Crippen MR) is 79.2 cm³/mol. The lowest BCUT2D eigenvalue weighted by Gasteiger charge is -2.11. The molecule has 1 atom stereocenters. The molecule has 0 spiro atoms. The minimum Gasteiger partial charge on any atom is -0.207 e. The van der Waals surface area contributed by atoms with Gasteiger partial charge in [0, 0.05) is 5.38 Å². The average molecular weight is 277 g/mol. The van der Waals surface area contributed by atoms with Crippen LogP contribution in [0.25, 0.3) is 0 Å². The van der Waals surface area contributed by atoms with Crippen molar-refractivity contribution in [1.82, 2.24) is 0 Å². The molecule has 0 aliphatic carbocycles. The number of benzene rings is 2. The van der Waals surface area contributed by atoms with Crippen LogP contribution in [0, 0.1) is 12.7 Å². The molecule has 0 heterocycles. The van der Waals surface area contributed by atoms with E-state index in [1.54, 1.807) is 12.1 Å². The molecule has 0 saturated carbocycles. The Balaban J connectivity index is 1.88. The fraction of sp³-hybridized carbons (Fsp3) is 0.294. The van der Waals surface area contributed by atoms with Gasteiger partial charge in [0.05, 0.1) is 0 Å². The maximum absolute atomic E-state index is 13.1. The molecule has 0 aromatic heterocycles. The number of alkyl halides is 1. The molecule has 0 bridgehead atoms. The molecule has 0 nitrogen and oxygen atoms in total. The molecule has 0 N–H and O–H groups in total. The van der Waals surface area contributed by atoms with Gasteiger partial charge in [-0.05, 0) is 55.0 Å². The summed E-state index contributed by atoms with van der Waals surface area (Å²) in [6.07, 6.45) is 2.59. The lowest BCUT2D eigenvalue weighted by Crippen LogP contribution is -2.06. The Kier molecular flexibility index (Phi) is 4.98. The Labute approximate surface area is 119 Å². The van der Waals surface area contributed by atoms with Crippen LogP contribution in [0.15, 0.2) is 48.5 Å². The molecule has 19 heavy (non-hydrogen) atoms. The molecule has 0 aliphatic rings. The van der Waals surface area contributed by atoms with E-state index in [1.165, 1.54) is 17.2 Å². The van der Waals surface area contributed by atoms with Gasteiger partial charge >= 0.3 is 0 Å². The summed E-state index contributed by atoms with van der Waals surface area (Å²) >= 11 is 6.35. The van der Waals surface area contributed by atoms with E-state index in [9.17, 15) is 4.39 Å². The van der Waals surface area contributed by atoms with Crippen LogP contribution < -0.4 is 0 Å². The standard InChI is InChI=1S/C17H18ClF/c1-13-5-2-3-7-15(13)9-10-16(18)11-14-6-4-8-17(19)12-14/h2-8,12,16H,9-11H2,1H3. The highest BCUT2D eigenvalue weighted by molar-refractivity contribution is 6.20. The Bertz CT molecular complexity index is 536. The number of halogens is 2. The van der Waals surface area contributed by atoms with Crippen LogP contribution in [-0.2, 0) is 12.8 Å². The van der Waals surface area contributed by atoms with E-state index in [0.717, 1.165) is 18.4 Å². The van der Waals surface area contributed by atoms with Crippen molar-refractivity contribution in [2.45, 2.75) is 31.6 Å². The third-order valence-corrected chi connectivity index (χ3v) is 3.71. The lowest BCUT2D eigenvalue weighted by molar-refractivity contribution is 0.624. The largest absolute Gasteiger partial charge is 0.207 e. The summed E-state index contributed by atoms with van der Waals surface area (Å²) < 4.78 is 13.1. The summed E-state index contributed by atoms with van der Waals surface area (Å²) in [6.45, 7) is 2.12. The van der Waals surface area contributed by atoms with Crippen LogP contribution in [-0.4, -0.2) is 5.38 Å². The molecule has 0 fully saturated rings. The molecular weight excluding hydrogens is 259 g/mol. The molecule has 100 valence electrons. The summed E-state index contributed by atoms with van der Waals surface area (Å²) in [5.41, 5.74) is 3.61. The monoisotopic (exact) mass is 276 g/mol. The van der Waals surface area contributed by atoms with E-state index in [2.05, 4.69) is 25.1 Å². The smallest absolute Gasteiger partial charge is 0.123 e. The van der Waals surface area contributed by atoms with Gasteiger partial charge in [0.2, 0.25) is 0 Å². The minimum atomic E-state index is -0.194. The van der Waals surface area contributed by atoms with E-state index < -0.39 is 0 Å². The fourth-order valence-corrected chi connectivity index (χ4v) is 2.51. The van der Waals surface area contributed by atoms with Crippen molar-refractivity contribution >= 4 is 11.6 Å². The topological polar surface area (TPSA) is 0 Å². The van der Waals surface area contributed by atoms with E-state index in [4.69, 9.17) is 11.6 Å². The van der Waals surface area contributed by atoms with Gasteiger partial charge in [0.15, 0.2) is 0 Å². The fourth-order valence-electron chi connectivity index (χ4n) is 2.22. The van der Waals surface area contributed by atoms with Crippen LogP contribution >= 0.6 is 11.6 Å². The summed E-state index contributed by atoms with van der Waals surface area (Å²) in [7, 11) is 0. The molecule has 2 aromatic rings. The summed E-state index contributed by atoms with van der Waals surface area (Å²) in [6, 6.07) is 15.0. The van der Waals surface area contributed by atoms with Crippen molar-refractivity contribution in [3.05, 3.63) is 71.0 Å². The zero-order valence-electron chi connectivity index (χ0n) is 11.1. The molecule has 0 saturated heterocycles. The third kappa shape index (κ3) is 4.36. The molecule has 0 amide bonds. The lowest BCUT2D eigenvalue weighted by atomic mass is 10.0. The van der Waals surface area contributed by atoms with Gasteiger partial charge < -0.3 is 0 Å². The molecule has 0 aliphatic heterocycles. The van der Waals surface area contributed by atoms with E-state index in [1.807, 2.05) is 12.1 Å². The second-order valence-corrected chi connectivity index (χ2v) is 5.51. The molecule has 1 unspecified atom stereocenters. The second kappa shape index (κ2) is 6.72. The Hall–Kier alpha value is -1.34. The van der Waals surface area contributed by atoms with Crippen LogP contribution in [0.5, 0.6) is 0 Å². The first kappa shape index (κ1) is 14.1. The van der Waals surface area contributed by atoms with Gasteiger partial charge in [-0.15, -0.1) is 11.6 Å². The van der Waals surface area contributed by atoms with E-state index in [0.29, 0.717) is 6.42 Å². The first-order chi connectivity index (χ1) is 9.15. The number of hydrogen-bond acceptors (Lipinski definition) is 0. The summed E-state index contributed by atoms with van der Waals surface area (Å²) in [5.74, 6) is -0.194.